The van der Waals surface area contributed by atoms with Crippen molar-refractivity contribution in [3.63, 3.8) is 0 Å². The number of benzene rings is 1. The summed E-state index contributed by atoms with van der Waals surface area (Å²) >= 11 is 0. The van der Waals surface area contributed by atoms with E-state index in [9.17, 15) is 0 Å². The third kappa shape index (κ3) is 4.26. The van der Waals surface area contributed by atoms with Crippen molar-refractivity contribution in [3.8, 4) is 5.75 Å². The van der Waals surface area contributed by atoms with Crippen LogP contribution in [0.2, 0.25) is 0 Å². The Kier molecular flexibility index (Phi) is 5.69. The molecule has 0 spiro atoms. The minimum absolute atomic E-state index is 0.0989. The van der Waals surface area contributed by atoms with Gasteiger partial charge >= 0.3 is 0 Å². The summed E-state index contributed by atoms with van der Waals surface area (Å²) in [6, 6.07) is 8.20. The summed E-state index contributed by atoms with van der Waals surface area (Å²) in [4.78, 5) is 8.94. The zero-order valence-electron chi connectivity index (χ0n) is 13.0. The maximum Gasteiger partial charge on any atom is 0.145 e. The highest BCUT2D eigenvalue weighted by Crippen LogP contribution is 2.23. The summed E-state index contributed by atoms with van der Waals surface area (Å²) < 4.78 is 5.44. The number of aromatic nitrogens is 2. The van der Waals surface area contributed by atoms with E-state index < -0.39 is 0 Å². The van der Waals surface area contributed by atoms with Gasteiger partial charge in [0.15, 0.2) is 0 Å². The zero-order chi connectivity index (χ0) is 15.1. The molecule has 1 N–H and O–H groups in total. The number of ether oxygens (including phenoxy) is 1. The van der Waals surface area contributed by atoms with Crippen molar-refractivity contribution >= 4 is 0 Å². The fourth-order valence-electron chi connectivity index (χ4n) is 2.25. The lowest BCUT2D eigenvalue weighted by molar-refractivity contribution is 0.404. The number of hydrogen-bond acceptors (Lipinski definition) is 4. The zero-order valence-corrected chi connectivity index (χ0v) is 13.0. The molecule has 1 atom stereocenters. The number of nitrogens with one attached hydrogen (secondary N) is 1. The highest BCUT2D eigenvalue weighted by molar-refractivity contribution is 5.34. The van der Waals surface area contributed by atoms with Crippen LogP contribution in [0.15, 0.2) is 36.7 Å². The van der Waals surface area contributed by atoms with Crippen LogP contribution in [0.25, 0.3) is 0 Å². The van der Waals surface area contributed by atoms with E-state index in [-0.39, 0.29) is 6.04 Å². The molecule has 2 rings (SSSR count). The lowest BCUT2D eigenvalue weighted by Crippen LogP contribution is -2.26. The van der Waals surface area contributed by atoms with E-state index in [1.54, 1.807) is 7.11 Å². The van der Waals surface area contributed by atoms with Gasteiger partial charge < -0.3 is 10.1 Å². The smallest absolute Gasteiger partial charge is 0.145 e. The molecule has 0 bridgehead atoms. The highest BCUT2D eigenvalue weighted by atomic mass is 16.5. The van der Waals surface area contributed by atoms with Gasteiger partial charge in [-0.05, 0) is 43.5 Å². The van der Waals surface area contributed by atoms with Crippen molar-refractivity contribution in [2.24, 2.45) is 0 Å². The molecule has 0 radical (unpaired) electrons. The number of hydrogen-bond donors (Lipinski definition) is 1. The van der Waals surface area contributed by atoms with E-state index in [4.69, 9.17) is 4.74 Å². The van der Waals surface area contributed by atoms with Crippen molar-refractivity contribution in [2.45, 2.75) is 32.7 Å². The minimum atomic E-state index is 0.0989. The summed E-state index contributed by atoms with van der Waals surface area (Å²) in [5.41, 5.74) is 2.24. The van der Waals surface area contributed by atoms with E-state index in [1.807, 2.05) is 37.5 Å². The van der Waals surface area contributed by atoms with Gasteiger partial charge in [0.2, 0.25) is 0 Å². The number of para-hydroxylation sites is 1. The van der Waals surface area contributed by atoms with Crippen LogP contribution in [0.4, 0.5) is 0 Å². The van der Waals surface area contributed by atoms with Crippen molar-refractivity contribution in [1.82, 2.24) is 15.3 Å². The molecule has 112 valence electrons. The molecule has 0 amide bonds. The molecule has 4 nitrogen and oxygen atoms in total. The van der Waals surface area contributed by atoms with Crippen LogP contribution >= 0.6 is 0 Å². The maximum absolute atomic E-state index is 5.44. The molecule has 4 heteroatoms. The minimum Gasteiger partial charge on any atom is -0.496 e. The fourth-order valence-corrected chi connectivity index (χ4v) is 2.25. The number of nitrogens with zero attached hydrogens (tertiary/aromatic N) is 2. The molecule has 1 heterocycles. The van der Waals surface area contributed by atoms with Gasteiger partial charge in [-0.15, -0.1) is 0 Å². The van der Waals surface area contributed by atoms with Crippen LogP contribution in [-0.4, -0.2) is 23.6 Å². The van der Waals surface area contributed by atoms with Crippen LogP contribution in [0.1, 0.15) is 36.3 Å². The molecule has 0 aliphatic rings. The van der Waals surface area contributed by atoms with Crippen molar-refractivity contribution in [2.75, 3.05) is 13.7 Å². The molecule has 0 aliphatic carbocycles. The average Bonchev–Trinajstić information content (AvgIpc) is 2.52. The Morgan fingerprint density at radius 2 is 1.90 bits per heavy atom. The quantitative estimate of drug-likeness (QED) is 0.849. The Morgan fingerprint density at radius 1 is 1.19 bits per heavy atom. The van der Waals surface area contributed by atoms with Gasteiger partial charge in [-0.1, -0.05) is 25.1 Å². The predicted molar refractivity (Wildman–Crippen MR) is 84.5 cm³/mol. The van der Waals surface area contributed by atoms with Crippen molar-refractivity contribution in [3.05, 3.63) is 53.6 Å². The largest absolute Gasteiger partial charge is 0.496 e. The van der Waals surface area contributed by atoms with Gasteiger partial charge in [-0.25, -0.2) is 9.97 Å². The van der Waals surface area contributed by atoms with Crippen molar-refractivity contribution < 1.29 is 4.74 Å². The summed E-state index contributed by atoms with van der Waals surface area (Å²) in [6.07, 6.45) is 5.62. The third-order valence-corrected chi connectivity index (χ3v) is 3.37. The summed E-state index contributed by atoms with van der Waals surface area (Å²) in [5, 5.41) is 3.52. The highest BCUT2D eigenvalue weighted by Gasteiger charge is 2.16. The summed E-state index contributed by atoms with van der Waals surface area (Å²) in [6.45, 7) is 5.10. The molecule has 0 saturated carbocycles. The first-order valence-electron chi connectivity index (χ1n) is 7.38. The van der Waals surface area contributed by atoms with Crippen LogP contribution in [-0.2, 0) is 6.42 Å². The summed E-state index contributed by atoms with van der Waals surface area (Å²) in [7, 11) is 1.70. The Morgan fingerprint density at radius 3 is 2.57 bits per heavy atom. The molecule has 21 heavy (non-hydrogen) atoms. The van der Waals surface area contributed by atoms with E-state index in [1.165, 1.54) is 0 Å². The topological polar surface area (TPSA) is 47.0 Å². The average molecular weight is 285 g/mol. The second kappa shape index (κ2) is 7.74. The van der Waals surface area contributed by atoms with Crippen LogP contribution in [0.3, 0.4) is 0 Å². The molecule has 0 aliphatic heterocycles. The van der Waals surface area contributed by atoms with E-state index in [0.717, 1.165) is 42.1 Å². The molecular formula is C17H23N3O. The Bertz CT molecular complexity index is 554. The van der Waals surface area contributed by atoms with Gasteiger partial charge in [-0.2, -0.15) is 0 Å². The molecule has 0 fully saturated rings. The van der Waals surface area contributed by atoms with Gasteiger partial charge in [-0.3, -0.25) is 0 Å². The Labute approximate surface area is 126 Å². The maximum atomic E-state index is 5.44. The Balaban J connectivity index is 2.21. The molecule has 1 unspecified atom stereocenters. The van der Waals surface area contributed by atoms with Gasteiger partial charge in [0.1, 0.15) is 11.6 Å². The second-order valence-electron chi connectivity index (χ2n) is 5.14. The number of aryl methyl sites for hydroxylation is 1. The number of rotatable bonds is 7. The van der Waals surface area contributed by atoms with Gasteiger partial charge in [0.25, 0.3) is 0 Å². The van der Waals surface area contributed by atoms with E-state index in [0.29, 0.717) is 0 Å². The van der Waals surface area contributed by atoms with Crippen LogP contribution in [0.5, 0.6) is 5.75 Å². The first-order valence-corrected chi connectivity index (χ1v) is 7.38. The third-order valence-electron chi connectivity index (χ3n) is 3.37. The SMILES string of the molecule is CCCNC(Cc1ccccc1OC)c1ncc(C)cn1. The van der Waals surface area contributed by atoms with Crippen LogP contribution < -0.4 is 10.1 Å². The summed E-state index contributed by atoms with van der Waals surface area (Å²) in [5.74, 6) is 1.74. The van der Waals surface area contributed by atoms with E-state index in [2.05, 4.69) is 28.3 Å². The number of methoxy groups -OCH3 is 1. The lowest BCUT2D eigenvalue weighted by atomic mass is 10.0. The first kappa shape index (κ1) is 15.4. The normalized spacial score (nSPS) is 12.1. The van der Waals surface area contributed by atoms with E-state index >= 15 is 0 Å². The van der Waals surface area contributed by atoms with Crippen LogP contribution in [0, 0.1) is 6.92 Å². The lowest BCUT2D eigenvalue weighted by Gasteiger charge is -2.18. The molecule has 1 aromatic carbocycles. The molecule has 0 saturated heterocycles. The van der Waals surface area contributed by atoms with Gasteiger partial charge in [0.05, 0.1) is 13.2 Å². The monoisotopic (exact) mass is 285 g/mol. The molecule has 1 aromatic heterocycles. The standard InChI is InChI=1S/C17H23N3O/c1-4-9-18-15(17-19-11-13(2)12-20-17)10-14-7-5-6-8-16(14)21-3/h5-8,11-12,15,18H,4,9-10H2,1-3H3. The van der Waals surface area contributed by atoms with Crippen molar-refractivity contribution in [1.29, 1.82) is 0 Å². The van der Waals surface area contributed by atoms with Gasteiger partial charge in [0, 0.05) is 12.4 Å². The predicted octanol–water partition coefficient (Wildman–Crippen LogP) is 3.08. The second-order valence-corrected chi connectivity index (χ2v) is 5.14. The molecule has 2 aromatic rings. The fraction of sp³-hybridized carbons (Fsp3) is 0.412. The first-order chi connectivity index (χ1) is 10.2. The Hall–Kier alpha value is -1.94. The molecular weight excluding hydrogens is 262 g/mol.